The molecule has 0 fully saturated rings. The Hall–Kier alpha value is -1.59. The monoisotopic (exact) mass is 368 g/mol. The molecule has 1 aromatic carbocycles. The smallest absolute Gasteiger partial charge is 0.250 e. The van der Waals surface area contributed by atoms with E-state index in [1.807, 2.05) is 12.1 Å². The number of amides is 1. The third-order valence-corrected chi connectivity index (χ3v) is 3.65. The predicted octanol–water partition coefficient (Wildman–Crippen LogP) is 2.97. The van der Waals surface area contributed by atoms with Crippen LogP contribution in [0.1, 0.15) is 12.0 Å². The summed E-state index contributed by atoms with van der Waals surface area (Å²) in [6, 6.07) is 10.4. The average molecular weight is 370 g/mol. The molecule has 1 aromatic heterocycles. The molecule has 0 saturated heterocycles. The number of benzene rings is 1. The van der Waals surface area contributed by atoms with Gasteiger partial charge in [-0.25, -0.2) is 0 Å². The SMILES string of the molecule is O=C(CCn1cc(Br)ccc1=O)NCc1ccc(Cl)cc1. The molecular weight excluding hydrogens is 356 g/mol. The van der Waals surface area contributed by atoms with Crippen molar-refractivity contribution in [2.75, 3.05) is 0 Å². The Morgan fingerprint density at radius 3 is 2.62 bits per heavy atom. The molecule has 0 aliphatic carbocycles. The van der Waals surface area contributed by atoms with E-state index in [0.29, 0.717) is 18.1 Å². The van der Waals surface area contributed by atoms with Crippen molar-refractivity contribution in [2.45, 2.75) is 19.5 Å². The molecular formula is C15H14BrClN2O2. The van der Waals surface area contributed by atoms with E-state index >= 15 is 0 Å². The summed E-state index contributed by atoms with van der Waals surface area (Å²) in [6.45, 7) is 0.800. The van der Waals surface area contributed by atoms with Gasteiger partial charge in [0, 0.05) is 41.3 Å². The van der Waals surface area contributed by atoms with E-state index in [0.717, 1.165) is 10.0 Å². The molecule has 1 heterocycles. The number of rotatable bonds is 5. The summed E-state index contributed by atoms with van der Waals surface area (Å²) in [6.07, 6.45) is 1.93. The Balaban J connectivity index is 1.83. The predicted molar refractivity (Wildman–Crippen MR) is 86.3 cm³/mol. The summed E-state index contributed by atoms with van der Waals surface area (Å²) in [5.41, 5.74) is 0.857. The fraction of sp³-hybridized carbons (Fsp3) is 0.200. The first-order chi connectivity index (χ1) is 10.0. The van der Waals surface area contributed by atoms with Crippen LogP contribution in [0.25, 0.3) is 0 Å². The number of carbonyl (C=O) groups excluding carboxylic acids is 1. The van der Waals surface area contributed by atoms with Gasteiger partial charge in [-0.1, -0.05) is 23.7 Å². The van der Waals surface area contributed by atoms with E-state index in [1.54, 1.807) is 24.4 Å². The Morgan fingerprint density at radius 2 is 1.90 bits per heavy atom. The maximum Gasteiger partial charge on any atom is 0.250 e. The number of hydrogen-bond donors (Lipinski definition) is 1. The lowest BCUT2D eigenvalue weighted by Crippen LogP contribution is -2.26. The molecule has 110 valence electrons. The number of halogens is 2. The van der Waals surface area contributed by atoms with Gasteiger partial charge in [-0.2, -0.15) is 0 Å². The molecule has 0 bridgehead atoms. The Bertz CT molecular complexity index is 683. The minimum absolute atomic E-state index is 0.100. The molecule has 0 spiro atoms. The number of pyridine rings is 1. The van der Waals surface area contributed by atoms with E-state index in [4.69, 9.17) is 11.6 Å². The standard InChI is InChI=1S/C15H14BrClN2O2/c16-12-3-6-15(21)19(10-12)8-7-14(20)18-9-11-1-4-13(17)5-2-11/h1-6,10H,7-9H2,(H,18,20). The third-order valence-electron chi connectivity index (χ3n) is 2.93. The van der Waals surface area contributed by atoms with Gasteiger partial charge in [0.25, 0.3) is 5.56 Å². The molecule has 0 aliphatic heterocycles. The highest BCUT2D eigenvalue weighted by atomic mass is 79.9. The highest BCUT2D eigenvalue weighted by molar-refractivity contribution is 9.10. The summed E-state index contributed by atoms with van der Waals surface area (Å²) in [4.78, 5) is 23.4. The van der Waals surface area contributed by atoms with Crippen LogP contribution in [0.15, 0.2) is 51.9 Å². The Labute approximate surface area is 135 Å². The first kappa shape index (κ1) is 15.8. The molecule has 0 aliphatic rings. The fourth-order valence-electron chi connectivity index (χ4n) is 1.79. The van der Waals surface area contributed by atoms with Crippen LogP contribution in [0.2, 0.25) is 5.02 Å². The largest absolute Gasteiger partial charge is 0.352 e. The fourth-order valence-corrected chi connectivity index (χ4v) is 2.30. The molecule has 21 heavy (non-hydrogen) atoms. The first-order valence-electron chi connectivity index (χ1n) is 6.42. The minimum atomic E-state index is -0.122. The summed E-state index contributed by atoms with van der Waals surface area (Å²) in [5, 5.41) is 3.48. The number of aromatic nitrogens is 1. The van der Waals surface area contributed by atoms with Crippen LogP contribution in [0, 0.1) is 0 Å². The van der Waals surface area contributed by atoms with E-state index < -0.39 is 0 Å². The van der Waals surface area contributed by atoms with Crippen molar-refractivity contribution in [3.8, 4) is 0 Å². The zero-order chi connectivity index (χ0) is 15.2. The summed E-state index contributed by atoms with van der Waals surface area (Å²) < 4.78 is 2.31. The van der Waals surface area contributed by atoms with E-state index in [-0.39, 0.29) is 17.9 Å². The van der Waals surface area contributed by atoms with Crippen LogP contribution in [0.5, 0.6) is 0 Å². The molecule has 0 saturated carbocycles. The molecule has 2 rings (SSSR count). The molecule has 0 radical (unpaired) electrons. The number of hydrogen-bond acceptors (Lipinski definition) is 2. The summed E-state index contributed by atoms with van der Waals surface area (Å²) in [5.74, 6) is -0.100. The van der Waals surface area contributed by atoms with Crippen molar-refractivity contribution in [1.29, 1.82) is 0 Å². The van der Waals surface area contributed by atoms with Crippen molar-refractivity contribution in [2.24, 2.45) is 0 Å². The summed E-state index contributed by atoms with van der Waals surface area (Å²) in [7, 11) is 0. The van der Waals surface area contributed by atoms with Gasteiger partial charge in [-0.3, -0.25) is 9.59 Å². The normalized spacial score (nSPS) is 10.4. The van der Waals surface area contributed by atoms with E-state index in [1.165, 1.54) is 10.6 Å². The maximum absolute atomic E-state index is 11.8. The second kappa shape index (κ2) is 7.43. The number of carbonyl (C=O) groups is 1. The zero-order valence-electron chi connectivity index (χ0n) is 11.2. The second-order valence-electron chi connectivity index (χ2n) is 4.53. The summed E-state index contributed by atoms with van der Waals surface area (Å²) >= 11 is 9.10. The van der Waals surface area contributed by atoms with Gasteiger partial charge in [0.05, 0.1) is 0 Å². The average Bonchev–Trinajstić information content (AvgIpc) is 2.47. The van der Waals surface area contributed by atoms with Crippen LogP contribution in [0.3, 0.4) is 0 Å². The topological polar surface area (TPSA) is 51.1 Å². The van der Waals surface area contributed by atoms with Gasteiger partial charge in [-0.15, -0.1) is 0 Å². The van der Waals surface area contributed by atoms with Gasteiger partial charge in [0.1, 0.15) is 0 Å². The van der Waals surface area contributed by atoms with Crippen LogP contribution in [-0.4, -0.2) is 10.5 Å². The van der Waals surface area contributed by atoms with Crippen molar-refractivity contribution in [1.82, 2.24) is 9.88 Å². The quantitative estimate of drug-likeness (QED) is 0.881. The highest BCUT2D eigenvalue weighted by Gasteiger charge is 2.04. The van der Waals surface area contributed by atoms with Crippen molar-refractivity contribution in [3.63, 3.8) is 0 Å². The van der Waals surface area contributed by atoms with Gasteiger partial charge in [0.2, 0.25) is 5.91 Å². The lowest BCUT2D eigenvalue weighted by molar-refractivity contribution is -0.121. The Kier molecular flexibility index (Phi) is 5.59. The Morgan fingerprint density at radius 1 is 1.19 bits per heavy atom. The minimum Gasteiger partial charge on any atom is -0.352 e. The third kappa shape index (κ3) is 5.02. The van der Waals surface area contributed by atoms with Gasteiger partial charge < -0.3 is 9.88 Å². The molecule has 0 atom stereocenters. The van der Waals surface area contributed by atoms with Gasteiger partial charge >= 0.3 is 0 Å². The first-order valence-corrected chi connectivity index (χ1v) is 7.59. The molecule has 1 amide bonds. The molecule has 0 unspecified atom stereocenters. The van der Waals surface area contributed by atoms with Crippen LogP contribution in [0.4, 0.5) is 0 Å². The van der Waals surface area contributed by atoms with E-state index in [2.05, 4.69) is 21.2 Å². The number of aryl methyl sites for hydroxylation is 1. The molecule has 6 heteroatoms. The number of nitrogens with one attached hydrogen (secondary N) is 1. The van der Waals surface area contributed by atoms with Crippen LogP contribution < -0.4 is 10.9 Å². The molecule has 4 nitrogen and oxygen atoms in total. The number of nitrogens with zero attached hydrogens (tertiary/aromatic N) is 1. The van der Waals surface area contributed by atoms with Crippen molar-refractivity contribution < 1.29 is 4.79 Å². The molecule has 2 aromatic rings. The zero-order valence-corrected chi connectivity index (χ0v) is 13.5. The van der Waals surface area contributed by atoms with Crippen molar-refractivity contribution >= 4 is 33.4 Å². The van der Waals surface area contributed by atoms with E-state index in [9.17, 15) is 9.59 Å². The highest BCUT2D eigenvalue weighted by Crippen LogP contribution is 2.09. The lowest BCUT2D eigenvalue weighted by Gasteiger charge is -2.07. The van der Waals surface area contributed by atoms with Crippen LogP contribution in [-0.2, 0) is 17.9 Å². The lowest BCUT2D eigenvalue weighted by atomic mass is 10.2. The maximum atomic E-state index is 11.8. The molecule has 1 N–H and O–H groups in total. The van der Waals surface area contributed by atoms with Crippen molar-refractivity contribution in [3.05, 3.63) is 68.0 Å². The van der Waals surface area contributed by atoms with Gasteiger partial charge in [0.15, 0.2) is 0 Å². The van der Waals surface area contributed by atoms with Crippen LogP contribution >= 0.6 is 27.5 Å². The second-order valence-corrected chi connectivity index (χ2v) is 5.88. The van der Waals surface area contributed by atoms with Gasteiger partial charge in [-0.05, 0) is 39.7 Å².